The highest BCUT2D eigenvalue weighted by atomic mass is 32.1. The number of nitrogens with zero attached hydrogens (tertiary/aromatic N) is 2. The number of hydrogen-bond donors (Lipinski definition) is 2. The van der Waals surface area contributed by atoms with Crippen molar-refractivity contribution in [1.29, 1.82) is 0 Å². The summed E-state index contributed by atoms with van der Waals surface area (Å²) < 4.78 is 0. The molecule has 3 aromatic rings. The molecule has 6 heteroatoms. The Morgan fingerprint density at radius 3 is 2.75 bits per heavy atom. The molecule has 3 N–H and O–H groups in total. The second-order valence-electron chi connectivity index (χ2n) is 9.97. The summed E-state index contributed by atoms with van der Waals surface area (Å²) in [5, 5.41) is 4.12. The zero-order valence-corrected chi connectivity index (χ0v) is 19.4. The minimum absolute atomic E-state index is 0.0722. The quantitative estimate of drug-likeness (QED) is 0.611. The van der Waals surface area contributed by atoms with Crippen molar-refractivity contribution in [3.8, 4) is 0 Å². The van der Waals surface area contributed by atoms with Gasteiger partial charge >= 0.3 is 0 Å². The number of nitrogens with two attached hydrogens (primary N) is 1. The molecule has 3 atom stereocenters. The molecule has 2 aromatic heterocycles. The molecule has 1 aliphatic heterocycles. The molecular formula is C26H30N4OS. The number of fused-ring (bicyclic) bond motifs is 4. The molecule has 0 radical (unpaired) electrons. The maximum Gasteiger partial charge on any atom is 0.263 e. The average Bonchev–Trinajstić information content (AvgIpc) is 3.30. The lowest BCUT2D eigenvalue weighted by Crippen LogP contribution is -2.39. The maximum absolute atomic E-state index is 13.0. The summed E-state index contributed by atoms with van der Waals surface area (Å²) in [6.07, 6.45) is 7.12. The van der Waals surface area contributed by atoms with Crippen LogP contribution >= 0.6 is 11.3 Å². The number of benzene rings is 1. The first-order valence-corrected chi connectivity index (χ1v) is 12.7. The second kappa shape index (κ2) is 7.77. The van der Waals surface area contributed by atoms with Crippen molar-refractivity contribution in [3.63, 3.8) is 0 Å². The van der Waals surface area contributed by atoms with E-state index in [-0.39, 0.29) is 11.9 Å². The summed E-state index contributed by atoms with van der Waals surface area (Å²) in [7, 11) is 0. The third-order valence-electron chi connectivity index (χ3n) is 7.66. The zero-order valence-electron chi connectivity index (χ0n) is 18.6. The van der Waals surface area contributed by atoms with Crippen LogP contribution in [-0.2, 0) is 12.8 Å². The molecule has 1 saturated carbocycles. The van der Waals surface area contributed by atoms with E-state index in [0.29, 0.717) is 10.6 Å². The number of piperidine rings is 1. The van der Waals surface area contributed by atoms with Gasteiger partial charge in [-0.25, -0.2) is 4.98 Å². The second-order valence-corrected chi connectivity index (χ2v) is 11.0. The van der Waals surface area contributed by atoms with Gasteiger partial charge in [-0.2, -0.15) is 0 Å². The van der Waals surface area contributed by atoms with Crippen molar-refractivity contribution < 1.29 is 4.79 Å². The van der Waals surface area contributed by atoms with Crippen LogP contribution in [0.2, 0.25) is 0 Å². The van der Waals surface area contributed by atoms with Crippen LogP contribution in [0, 0.1) is 18.8 Å². The van der Waals surface area contributed by atoms with Crippen LogP contribution < -0.4 is 16.0 Å². The number of carbonyl (C=O) groups is 1. The van der Waals surface area contributed by atoms with Crippen LogP contribution in [0.25, 0.3) is 10.2 Å². The Hall–Kier alpha value is -2.60. The number of rotatable bonds is 3. The van der Waals surface area contributed by atoms with Crippen molar-refractivity contribution in [2.45, 2.75) is 51.5 Å². The number of aryl methyl sites for hydroxylation is 2. The molecule has 1 saturated heterocycles. The van der Waals surface area contributed by atoms with Gasteiger partial charge in [0.1, 0.15) is 9.71 Å². The van der Waals surface area contributed by atoms with Gasteiger partial charge < -0.3 is 16.0 Å². The molecule has 5 nitrogen and oxygen atoms in total. The van der Waals surface area contributed by atoms with Crippen molar-refractivity contribution in [2.75, 3.05) is 23.7 Å². The van der Waals surface area contributed by atoms with E-state index in [1.54, 1.807) is 0 Å². The van der Waals surface area contributed by atoms with E-state index in [2.05, 4.69) is 33.4 Å². The van der Waals surface area contributed by atoms with Gasteiger partial charge in [-0.05, 0) is 92.7 Å². The van der Waals surface area contributed by atoms with E-state index in [1.165, 1.54) is 60.5 Å². The van der Waals surface area contributed by atoms with Gasteiger partial charge in [0.2, 0.25) is 0 Å². The predicted octanol–water partition coefficient (Wildman–Crippen LogP) is 4.71. The molecule has 6 rings (SSSR count). The number of pyridine rings is 1. The Labute approximate surface area is 193 Å². The average molecular weight is 447 g/mol. The summed E-state index contributed by atoms with van der Waals surface area (Å²) in [6, 6.07) is 11.0. The summed E-state index contributed by atoms with van der Waals surface area (Å²) in [5.41, 5.74) is 12.0. The number of thiophene rings is 1. The SMILES string of the molecule is Cc1ccc2c(N)c(C(=O)N[C@H]3CCc4cc(N5CC6CCC(C6)C5)ccc4C3)sc2n1. The number of aromatic nitrogens is 1. The topological polar surface area (TPSA) is 71.2 Å². The molecule has 2 bridgehead atoms. The van der Waals surface area contributed by atoms with E-state index in [1.807, 2.05) is 19.1 Å². The predicted molar refractivity (Wildman–Crippen MR) is 132 cm³/mol. The van der Waals surface area contributed by atoms with E-state index < -0.39 is 0 Å². The number of carbonyl (C=O) groups excluding carboxylic acids is 1. The third-order valence-corrected chi connectivity index (χ3v) is 8.78. The highest BCUT2D eigenvalue weighted by Gasteiger charge is 2.33. The largest absolute Gasteiger partial charge is 0.397 e. The standard InChI is InChI=1S/C26H30N4OS/c1-15-2-9-22-23(27)24(32-26(22)28-15)25(31)29-20-7-5-19-12-21(8-6-18(19)11-20)30-13-16-3-4-17(10-16)14-30/h2,6,8-9,12,16-17,20H,3-5,7,10-11,13-14,27H2,1H3,(H,29,31)/t16?,17?,20-/m0/s1. The Kier molecular flexibility index (Phi) is 4.86. The molecule has 1 aromatic carbocycles. The van der Waals surface area contributed by atoms with E-state index in [0.717, 1.165) is 47.0 Å². The number of hydrogen-bond acceptors (Lipinski definition) is 5. The molecule has 0 spiro atoms. The molecule has 166 valence electrons. The van der Waals surface area contributed by atoms with Gasteiger partial charge in [-0.3, -0.25) is 4.79 Å². The summed E-state index contributed by atoms with van der Waals surface area (Å²) in [4.78, 5) is 21.6. The third kappa shape index (κ3) is 3.54. The Morgan fingerprint density at radius 1 is 1.12 bits per heavy atom. The van der Waals surface area contributed by atoms with Crippen LogP contribution in [0.15, 0.2) is 30.3 Å². The molecule has 1 amide bonds. The van der Waals surface area contributed by atoms with Crippen LogP contribution in [-0.4, -0.2) is 30.0 Å². The van der Waals surface area contributed by atoms with Crippen molar-refractivity contribution >= 4 is 38.8 Å². The highest BCUT2D eigenvalue weighted by Crippen LogP contribution is 2.39. The monoisotopic (exact) mass is 446 g/mol. The van der Waals surface area contributed by atoms with Crippen LogP contribution in [0.5, 0.6) is 0 Å². The Balaban J connectivity index is 1.16. The Bertz CT molecular complexity index is 1190. The number of nitrogen functional groups attached to an aromatic ring is 1. The van der Waals surface area contributed by atoms with Crippen LogP contribution in [0.1, 0.15) is 52.2 Å². The van der Waals surface area contributed by atoms with Crippen molar-refractivity contribution in [3.05, 3.63) is 52.0 Å². The Morgan fingerprint density at radius 2 is 1.94 bits per heavy atom. The van der Waals surface area contributed by atoms with Gasteiger partial charge in [0, 0.05) is 35.9 Å². The van der Waals surface area contributed by atoms with Gasteiger partial charge in [0.15, 0.2) is 0 Å². The number of amides is 1. The lowest BCUT2D eigenvalue weighted by atomic mass is 9.87. The zero-order chi connectivity index (χ0) is 21.8. The molecule has 32 heavy (non-hydrogen) atoms. The van der Waals surface area contributed by atoms with Crippen LogP contribution in [0.3, 0.4) is 0 Å². The van der Waals surface area contributed by atoms with E-state index in [9.17, 15) is 4.79 Å². The fourth-order valence-electron chi connectivity index (χ4n) is 5.99. The van der Waals surface area contributed by atoms with Gasteiger partial charge in [0.05, 0.1) is 5.69 Å². The lowest BCUT2D eigenvalue weighted by molar-refractivity contribution is 0.0938. The number of anilines is 2. The molecule has 2 aliphatic carbocycles. The summed E-state index contributed by atoms with van der Waals surface area (Å²) in [5.74, 6) is 1.71. The van der Waals surface area contributed by atoms with E-state index in [4.69, 9.17) is 5.73 Å². The first kappa shape index (κ1) is 20.0. The minimum atomic E-state index is -0.0722. The smallest absolute Gasteiger partial charge is 0.263 e. The van der Waals surface area contributed by atoms with Gasteiger partial charge in [-0.1, -0.05) is 6.07 Å². The molecule has 2 fully saturated rings. The van der Waals surface area contributed by atoms with Crippen molar-refractivity contribution in [1.82, 2.24) is 10.3 Å². The molecule has 3 heterocycles. The first-order valence-electron chi connectivity index (χ1n) is 11.9. The number of nitrogens with one attached hydrogen (secondary N) is 1. The maximum atomic E-state index is 13.0. The normalized spacial score (nSPS) is 24.5. The van der Waals surface area contributed by atoms with Crippen molar-refractivity contribution in [2.24, 2.45) is 11.8 Å². The molecular weight excluding hydrogens is 416 g/mol. The van der Waals surface area contributed by atoms with E-state index >= 15 is 0 Å². The fourth-order valence-corrected chi connectivity index (χ4v) is 7.03. The van der Waals surface area contributed by atoms with Gasteiger partial charge in [0.25, 0.3) is 5.91 Å². The van der Waals surface area contributed by atoms with Gasteiger partial charge in [-0.15, -0.1) is 11.3 Å². The summed E-state index contributed by atoms with van der Waals surface area (Å²) >= 11 is 1.39. The highest BCUT2D eigenvalue weighted by molar-refractivity contribution is 7.21. The molecule has 3 aliphatic rings. The van der Waals surface area contributed by atoms with Crippen LogP contribution in [0.4, 0.5) is 11.4 Å². The summed E-state index contributed by atoms with van der Waals surface area (Å²) in [6.45, 7) is 4.40. The lowest BCUT2D eigenvalue weighted by Gasteiger charge is -2.35. The molecule has 2 unspecified atom stereocenters. The minimum Gasteiger partial charge on any atom is -0.397 e. The fraction of sp³-hybridized carbons (Fsp3) is 0.462. The first-order chi connectivity index (χ1) is 15.5.